The summed E-state index contributed by atoms with van der Waals surface area (Å²) in [6, 6.07) is 3.77. The summed E-state index contributed by atoms with van der Waals surface area (Å²) in [5.74, 6) is -23.0. The number of methoxy groups -OCH3 is 1. The lowest BCUT2D eigenvalue weighted by molar-refractivity contribution is -0.141. The number of phenols is 1. The van der Waals surface area contributed by atoms with E-state index in [9.17, 15) is 42.3 Å². The monoisotopic (exact) mass is 744 g/mol. The van der Waals surface area contributed by atoms with E-state index < -0.39 is 110 Å². The van der Waals surface area contributed by atoms with Gasteiger partial charge in [-0.3, -0.25) is 28.9 Å². The summed E-state index contributed by atoms with van der Waals surface area (Å²) in [5, 5.41) is 19.6. The van der Waals surface area contributed by atoms with Crippen molar-refractivity contribution in [3.8, 4) is 11.5 Å². The van der Waals surface area contributed by atoms with Crippen LogP contribution >= 0.6 is 23.2 Å². The number of carbonyl (C=O) groups excluding carboxylic acids is 4. The number of allylic oxidation sites excluding steroid dienone is 2. The van der Waals surface area contributed by atoms with Crippen molar-refractivity contribution in [2.75, 3.05) is 18.6 Å². The average Bonchev–Trinajstić information content (AvgIpc) is 3.40. The van der Waals surface area contributed by atoms with Gasteiger partial charge in [0.05, 0.1) is 18.9 Å². The summed E-state index contributed by atoms with van der Waals surface area (Å²) in [5.41, 5.74) is -1.64. The lowest BCUT2D eigenvalue weighted by atomic mass is 9.56. The number of hydrogen-bond acceptors (Lipinski definition) is 7. The van der Waals surface area contributed by atoms with Gasteiger partial charge in [-0.15, -0.1) is 23.2 Å². The number of carboxylic acids is 1. The van der Waals surface area contributed by atoms with Gasteiger partial charge in [0.25, 0.3) is 11.8 Å². The fourth-order valence-electron chi connectivity index (χ4n) is 7.84. The number of alkyl halides is 2. The van der Waals surface area contributed by atoms with Crippen LogP contribution in [0.5, 0.6) is 11.5 Å². The minimum Gasteiger partial charge on any atom is -0.504 e. The molecule has 4 amide bonds. The fourth-order valence-corrected chi connectivity index (χ4v) is 8.77. The number of amides is 4. The second kappa shape index (κ2) is 12.5. The molecule has 17 heteroatoms. The van der Waals surface area contributed by atoms with Crippen LogP contribution in [-0.2, 0) is 24.0 Å². The Morgan fingerprint density at radius 3 is 2.16 bits per heavy atom. The Balaban J connectivity index is 1.48. The smallest absolute Gasteiger partial charge is 0.303 e. The number of phenolic OH excluding ortho intramolecular Hbond substituents is 1. The summed E-state index contributed by atoms with van der Waals surface area (Å²) < 4.78 is 78.1. The second-order valence-electron chi connectivity index (χ2n) is 12.7. The molecule has 2 heterocycles. The van der Waals surface area contributed by atoms with Crippen molar-refractivity contribution in [3.63, 3.8) is 0 Å². The van der Waals surface area contributed by atoms with Crippen molar-refractivity contribution in [1.29, 1.82) is 0 Å². The highest BCUT2D eigenvalue weighted by atomic mass is 35.5. The number of rotatable bonds is 9. The largest absolute Gasteiger partial charge is 0.504 e. The zero-order valence-electron chi connectivity index (χ0n) is 26.0. The number of carboxylic acid groups (broad SMARTS) is 1. The number of ether oxygens (including phenoxy) is 1. The second-order valence-corrected chi connectivity index (χ2v) is 13.9. The highest BCUT2D eigenvalue weighted by Gasteiger charge is 2.77. The molecule has 50 heavy (non-hydrogen) atoms. The summed E-state index contributed by atoms with van der Waals surface area (Å²) in [6.07, 6.45) is 1.75. The van der Waals surface area contributed by atoms with Crippen molar-refractivity contribution < 1.29 is 60.9 Å². The maximum Gasteiger partial charge on any atom is 0.303 e. The van der Waals surface area contributed by atoms with Crippen LogP contribution in [0, 0.1) is 46.8 Å². The highest BCUT2D eigenvalue weighted by Crippen LogP contribution is 2.66. The summed E-state index contributed by atoms with van der Waals surface area (Å²) in [6.45, 7) is -0.0287. The average molecular weight is 745 g/mol. The van der Waals surface area contributed by atoms with Crippen molar-refractivity contribution in [3.05, 3.63) is 64.5 Å². The molecule has 6 rings (SSSR count). The molecular weight excluding hydrogens is 718 g/mol. The van der Waals surface area contributed by atoms with Crippen LogP contribution in [0.25, 0.3) is 0 Å². The molecule has 0 radical (unpaired) electrons. The quantitative estimate of drug-likeness (QED) is 0.0670. The molecular formula is C33H27Cl2F5N2O8. The predicted octanol–water partition coefficient (Wildman–Crippen LogP) is 5.30. The van der Waals surface area contributed by atoms with E-state index in [0.29, 0.717) is 19.3 Å². The molecule has 3 fully saturated rings. The maximum atomic E-state index is 15.2. The number of aliphatic carboxylic acids is 1. The van der Waals surface area contributed by atoms with E-state index in [0.717, 1.165) is 11.0 Å². The van der Waals surface area contributed by atoms with E-state index in [1.807, 2.05) is 0 Å². The van der Waals surface area contributed by atoms with Gasteiger partial charge in [0, 0.05) is 18.9 Å². The Hall–Kier alpha value is -4.24. The third-order valence-corrected chi connectivity index (χ3v) is 11.5. The van der Waals surface area contributed by atoms with Crippen LogP contribution in [0.3, 0.4) is 0 Å². The molecule has 10 nitrogen and oxygen atoms in total. The number of hydrogen-bond donors (Lipinski definition) is 2. The Labute approximate surface area is 290 Å². The van der Waals surface area contributed by atoms with Crippen molar-refractivity contribution in [1.82, 2.24) is 4.90 Å². The minimum absolute atomic E-state index is 0.0187. The molecule has 2 aromatic carbocycles. The topological polar surface area (TPSA) is 142 Å². The lowest BCUT2D eigenvalue weighted by Gasteiger charge is -2.50. The Morgan fingerprint density at radius 1 is 0.920 bits per heavy atom. The third kappa shape index (κ3) is 4.90. The SMILES string of the molecule is COc1ccc([C@H]2C3=CC[C@@H]4C(=O)N(CCCCCC(=O)O)C(=O)[C@@H]4[C@@H]3C[C@@]3(Cl)C(=O)N(c4c(F)c(F)c(F)c(F)c4F)C(=O)[C@@]23Cl)cc1O. The van der Waals surface area contributed by atoms with E-state index in [2.05, 4.69) is 0 Å². The number of carbonyl (C=O) groups is 5. The molecule has 0 aromatic heterocycles. The molecule has 0 bridgehead atoms. The van der Waals surface area contributed by atoms with Gasteiger partial charge < -0.3 is 14.9 Å². The van der Waals surface area contributed by atoms with Crippen LogP contribution in [0.4, 0.5) is 27.6 Å². The molecule has 2 aromatic rings. The van der Waals surface area contributed by atoms with Gasteiger partial charge in [-0.25, -0.2) is 26.9 Å². The Kier molecular flexibility index (Phi) is 8.91. The number of aromatic hydroxyl groups is 1. The number of halogens is 7. The first kappa shape index (κ1) is 35.6. The minimum atomic E-state index is -2.72. The van der Waals surface area contributed by atoms with Gasteiger partial charge in [0.1, 0.15) is 5.69 Å². The van der Waals surface area contributed by atoms with Crippen LogP contribution < -0.4 is 9.64 Å². The van der Waals surface area contributed by atoms with Crippen molar-refractivity contribution >= 4 is 58.5 Å². The first-order chi connectivity index (χ1) is 23.5. The standard InChI is InChI=1S/C33H27Cl2F5N2O8/c1-50-18-9-6-13(11-17(18)43)21-14-7-8-15-20(29(47)41(28(15)46)10-4-2-3-5-19(44)45)16(14)12-32(34)30(48)42(31(49)33(21,32)35)27-25(39)23(37)22(36)24(38)26(27)40/h6-7,9,11,15-16,20-21,43H,2-5,8,10,12H2,1H3,(H,44,45)/t15-,16+,20-,21-,32+,33-/m0/s1. The van der Waals surface area contributed by atoms with Gasteiger partial charge in [-0.05, 0) is 49.3 Å². The van der Waals surface area contributed by atoms with Gasteiger partial charge in [0.15, 0.2) is 44.5 Å². The molecule has 1 saturated carbocycles. The molecule has 2 aliphatic heterocycles. The fraction of sp³-hybridized carbons (Fsp3) is 0.424. The first-order valence-electron chi connectivity index (χ1n) is 15.4. The molecule has 2 aliphatic carbocycles. The van der Waals surface area contributed by atoms with Gasteiger partial charge in [0.2, 0.25) is 17.6 Å². The van der Waals surface area contributed by atoms with Gasteiger partial charge >= 0.3 is 5.97 Å². The van der Waals surface area contributed by atoms with Crippen LogP contribution in [0.15, 0.2) is 29.8 Å². The molecule has 2 N–H and O–H groups in total. The Bertz CT molecular complexity index is 1880. The van der Waals surface area contributed by atoms with Crippen LogP contribution in [0.2, 0.25) is 0 Å². The molecule has 0 spiro atoms. The van der Waals surface area contributed by atoms with Crippen LogP contribution in [-0.4, -0.2) is 68.1 Å². The number of imide groups is 2. The van der Waals surface area contributed by atoms with E-state index in [1.165, 1.54) is 19.2 Å². The van der Waals surface area contributed by atoms with Crippen molar-refractivity contribution in [2.45, 2.75) is 54.2 Å². The van der Waals surface area contributed by atoms with E-state index in [1.54, 1.807) is 6.08 Å². The van der Waals surface area contributed by atoms with Gasteiger partial charge in [-0.1, -0.05) is 24.1 Å². The first-order valence-corrected chi connectivity index (χ1v) is 16.2. The molecule has 4 aliphatic rings. The predicted molar refractivity (Wildman–Crippen MR) is 164 cm³/mol. The Morgan fingerprint density at radius 2 is 1.56 bits per heavy atom. The highest BCUT2D eigenvalue weighted by molar-refractivity contribution is 6.58. The van der Waals surface area contributed by atoms with Crippen LogP contribution in [0.1, 0.15) is 50.0 Å². The van der Waals surface area contributed by atoms with E-state index >= 15 is 8.78 Å². The van der Waals surface area contributed by atoms with E-state index in [4.69, 9.17) is 33.0 Å². The maximum absolute atomic E-state index is 15.2. The summed E-state index contributed by atoms with van der Waals surface area (Å²) in [7, 11) is 1.25. The molecule has 0 unspecified atom stereocenters. The molecule has 266 valence electrons. The number of unbranched alkanes of at least 4 members (excludes halogenated alkanes) is 2. The number of nitrogens with zero attached hydrogens (tertiary/aromatic N) is 2. The number of fused-ring (bicyclic) bond motifs is 4. The summed E-state index contributed by atoms with van der Waals surface area (Å²) in [4.78, 5) is 62.1. The lowest BCUT2D eigenvalue weighted by Crippen LogP contribution is -2.60. The third-order valence-electron chi connectivity index (χ3n) is 10.1. The number of likely N-dealkylation sites (tertiary alicyclic amines) is 1. The molecule has 6 atom stereocenters. The number of anilines is 1. The number of benzene rings is 2. The van der Waals surface area contributed by atoms with Crippen molar-refractivity contribution in [2.24, 2.45) is 17.8 Å². The normalized spacial score (nSPS) is 28.8. The molecule has 2 saturated heterocycles. The summed E-state index contributed by atoms with van der Waals surface area (Å²) >= 11 is 14.1. The zero-order valence-corrected chi connectivity index (χ0v) is 27.5. The van der Waals surface area contributed by atoms with Gasteiger partial charge in [-0.2, -0.15) is 0 Å². The zero-order chi connectivity index (χ0) is 36.6. The van der Waals surface area contributed by atoms with E-state index in [-0.39, 0.29) is 41.2 Å².